The molecule has 0 saturated carbocycles. The van der Waals surface area contributed by atoms with Crippen LogP contribution in [0, 0.1) is 0 Å². The Balaban J connectivity index is 1.06. The second-order valence-electron chi connectivity index (χ2n) is 16.1. The summed E-state index contributed by atoms with van der Waals surface area (Å²) in [5, 5.41) is 9.62. The van der Waals surface area contributed by atoms with Gasteiger partial charge in [-0.3, -0.25) is 0 Å². The van der Waals surface area contributed by atoms with Crippen LogP contribution in [0.2, 0.25) is 0 Å². The van der Waals surface area contributed by atoms with Gasteiger partial charge in [0.15, 0.2) is 0 Å². The summed E-state index contributed by atoms with van der Waals surface area (Å²) in [6.45, 7) is 0. The predicted molar refractivity (Wildman–Crippen MR) is 258 cm³/mol. The van der Waals surface area contributed by atoms with Gasteiger partial charge in [-0.1, -0.05) is 158 Å². The highest BCUT2D eigenvalue weighted by Crippen LogP contribution is 2.46. The maximum atomic E-state index is 6.42. The summed E-state index contributed by atoms with van der Waals surface area (Å²) in [6.07, 6.45) is 0. The molecule has 4 nitrogen and oxygen atoms in total. The monoisotopic (exact) mass is 789 g/mol. The minimum absolute atomic E-state index is 0.849. The SMILES string of the molecule is c1ccc(-c2cccc(-c3nc4ccccc4nc3-c3ccc(-n4c5ccc6ccccc6c5c5c6ccccc6c(-c6cccc7oc8ccccc8c67)cc54)cc3)c2)cc1. The number of benzene rings is 10. The zero-order chi connectivity index (χ0) is 40.7. The summed E-state index contributed by atoms with van der Waals surface area (Å²) in [7, 11) is 0. The van der Waals surface area contributed by atoms with Crippen molar-refractivity contribution in [2.75, 3.05) is 0 Å². The Morgan fingerprint density at radius 1 is 0.339 bits per heavy atom. The molecule has 288 valence electrons. The Hall–Kier alpha value is -8.34. The molecule has 0 aliphatic carbocycles. The molecule has 62 heavy (non-hydrogen) atoms. The Morgan fingerprint density at radius 3 is 1.77 bits per heavy atom. The number of fused-ring (bicyclic) bond motifs is 11. The molecular formula is C58H35N3O. The van der Waals surface area contributed by atoms with Crippen molar-refractivity contribution in [1.82, 2.24) is 14.5 Å². The highest BCUT2D eigenvalue weighted by atomic mass is 16.3. The van der Waals surface area contributed by atoms with E-state index in [9.17, 15) is 0 Å². The number of aromatic nitrogens is 3. The van der Waals surface area contributed by atoms with Gasteiger partial charge in [-0.05, 0) is 98.4 Å². The molecule has 0 spiro atoms. The lowest BCUT2D eigenvalue weighted by atomic mass is 9.91. The van der Waals surface area contributed by atoms with E-state index in [-0.39, 0.29) is 0 Å². The molecule has 4 heteroatoms. The van der Waals surface area contributed by atoms with E-state index in [1.54, 1.807) is 0 Å². The number of hydrogen-bond acceptors (Lipinski definition) is 3. The van der Waals surface area contributed by atoms with Gasteiger partial charge < -0.3 is 8.98 Å². The van der Waals surface area contributed by atoms with Crippen molar-refractivity contribution < 1.29 is 4.42 Å². The van der Waals surface area contributed by atoms with Gasteiger partial charge in [-0.25, -0.2) is 9.97 Å². The Morgan fingerprint density at radius 2 is 0.952 bits per heavy atom. The second kappa shape index (κ2) is 13.6. The first kappa shape index (κ1) is 34.5. The summed E-state index contributed by atoms with van der Waals surface area (Å²) in [5.74, 6) is 0. The largest absolute Gasteiger partial charge is 0.456 e. The molecule has 0 radical (unpaired) electrons. The molecule has 0 fully saturated rings. The number of hydrogen-bond donors (Lipinski definition) is 0. The summed E-state index contributed by atoms with van der Waals surface area (Å²) < 4.78 is 8.87. The lowest BCUT2D eigenvalue weighted by molar-refractivity contribution is 0.669. The van der Waals surface area contributed by atoms with Crippen molar-refractivity contribution >= 4 is 76.3 Å². The summed E-state index contributed by atoms with van der Waals surface area (Å²) in [6, 6.07) is 75.5. The fourth-order valence-electron chi connectivity index (χ4n) is 9.79. The average molecular weight is 790 g/mol. The van der Waals surface area contributed by atoms with E-state index in [1.165, 1.54) is 43.4 Å². The van der Waals surface area contributed by atoms with Gasteiger partial charge in [-0.2, -0.15) is 0 Å². The topological polar surface area (TPSA) is 43.9 Å². The Kier molecular flexibility index (Phi) is 7.57. The highest BCUT2D eigenvalue weighted by Gasteiger charge is 2.22. The molecule has 0 saturated heterocycles. The van der Waals surface area contributed by atoms with Crippen molar-refractivity contribution in [3.63, 3.8) is 0 Å². The lowest BCUT2D eigenvalue weighted by Gasteiger charge is -2.14. The smallest absolute Gasteiger partial charge is 0.136 e. The third-order valence-electron chi connectivity index (χ3n) is 12.6. The molecule has 0 N–H and O–H groups in total. The Labute approximate surface area is 356 Å². The van der Waals surface area contributed by atoms with E-state index in [2.05, 4.69) is 187 Å². The van der Waals surface area contributed by atoms with Crippen LogP contribution in [-0.4, -0.2) is 14.5 Å². The zero-order valence-electron chi connectivity index (χ0n) is 33.5. The molecular weight excluding hydrogens is 755 g/mol. The van der Waals surface area contributed by atoms with Crippen LogP contribution in [0.5, 0.6) is 0 Å². The lowest BCUT2D eigenvalue weighted by Crippen LogP contribution is -1.97. The quantitative estimate of drug-likeness (QED) is 0.174. The van der Waals surface area contributed by atoms with Crippen molar-refractivity contribution in [2.45, 2.75) is 0 Å². The van der Waals surface area contributed by atoms with Gasteiger partial charge in [0.2, 0.25) is 0 Å². The van der Waals surface area contributed by atoms with Gasteiger partial charge in [0.25, 0.3) is 0 Å². The molecule has 0 atom stereocenters. The summed E-state index contributed by atoms with van der Waals surface area (Å²) >= 11 is 0. The second-order valence-corrected chi connectivity index (χ2v) is 16.1. The van der Waals surface area contributed by atoms with Crippen LogP contribution in [-0.2, 0) is 0 Å². The van der Waals surface area contributed by atoms with Gasteiger partial charge in [-0.15, -0.1) is 0 Å². The van der Waals surface area contributed by atoms with Crippen LogP contribution in [0.1, 0.15) is 0 Å². The maximum absolute atomic E-state index is 6.42. The van der Waals surface area contributed by atoms with E-state index in [0.29, 0.717) is 0 Å². The molecule has 3 aromatic heterocycles. The first-order valence-corrected chi connectivity index (χ1v) is 21.1. The van der Waals surface area contributed by atoms with Gasteiger partial charge in [0, 0.05) is 38.4 Å². The van der Waals surface area contributed by atoms with Gasteiger partial charge in [0.05, 0.1) is 33.5 Å². The van der Waals surface area contributed by atoms with Crippen molar-refractivity contribution in [3.05, 3.63) is 212 Å². The minimum atomic E-state index is 0.849. The molecule has 13 rings (SSSR count). The standard InChI is InChI=1S/C58H35N3O/c1-2-14-36(15-3-1)39-17-12-18-40(34-39)58-57(59-48-24-9-10-25-49(48)60-58)38-28-31-41(32-29-38)61-50-33-30-37-16-4-5-19-42(37)55(50)56-44-21-7-6-20-43(44)47(35-51(56)61)45-23-13-27-53-54(45)46-22-8-11-26-52(46)62-53/h1-35H. The fourth-order valence-corrected chi connectivity index (χ4v) is 9.79. The fraction of sp³-hybridized carbons (Fsp3) is 0. The molecule has 0 aliphatic heterocycles. The van der Waals surface area contributed by atoms with Crippen molar-refractivity contribution in [2.24, 2.45) is 0 Å². The van der Waals surface area contributed by atoms with Crippen molar-refractivity contribution in [3.8, 4) is 50.5 Å². The first-order chi connectivity index (χ1) is 30.7. The zero-order valence-corrected chi connectivity index (χ0v) is 33.5. The molecule has 10 aromatic carbocycles. The molecule has 0 aliphatic rings. The van der Waals surface area contributed by atoms with Crippen LogP contribution >= 0.6 is 0 Å². The van der Waals surface area contributed by atoms with E-state index < -0.39 is 0 Å². The maximum Gasteiger partial charge on any atom is 0.136 e. The van der Waals surface area contributed by atoms with E-state index in [1.807, 2.05) is 30.3 Å². The van der Waals surface area contributed by atoms with Crippen LogP contribution in [0.15, 0.2) is 217 Å². The number of furan rings is 1. The summed E-state index contributed by atoms with van der Waals surface area (Å²) in [5.41, 5.74) is 15.2. The molecule has 3 heterocycles. The van der Waals surface area contributed by atoms with E-state index in [0.717, 1.165) is 83.3 Å². The number of para-hydroxylation sites is 3. The normalized spacial score (nSPS) is 11.9. The van der Waals surface area contributed by atoms with Crippen LogP contribution < -0.4 is 0 Å². The number of rotatable bonds is 5. The third-order valence-corrected chi connectivity index (χ3v) is 12.6. The molecule has 13 aromatic rings. The van der Waals surface area contributed by atoms with E-state index in [4.69, 9.17) is 14.4 Å². The Bertz CT molecular complexity index is 3920. The first-order valence-electron chi connectivity index (χ1n) is 21.1. The van der Waals surface area contributed by atoms with Crippen LogP contribution in [0.3, 0.4) is 0 Å². The average Bonchev–Trinajstić information content (AvgIpc) is 3.90. The molecule has 0 unspecified atom stereocenters. The van der Waals surface area contributed by atoms with Gasteiger partial charge >= 0.3 is 0 Å². The minimum Gasteiger partial charge on any atom is -0.456 e. The van der Waals surface area contributed by atoms with E-state index >= 15 is 0 Å². The molecule has 0 amide bonds. The molecule has 0 bridgehead atoms. The predicted octanol–water partition coefficient (Wildman–Crippen LogP) is 15.6. The third kappa shape index (κ3) is 5.27. The van der Waals surface area contributed by atoms with Gasteiger partial charge in [0.1, 0.15) is 11.2 Å². The van der Waals surface area contributed by atoms with Crippen LogP contribution in [0.25, 0.3) is 127 Å². The van der Waals surface area contributed by atoms with Crippen LogP contribution in [0.4, 0.5) is 0 Å². The highest BCUT2D eigenvalue weighted by molar-refractivity contribution is 6.31. The summed E-state index contributed by atoms with van der Waals surface area (Å²) in [4.78, 5) is 10.6. The van der Waals surface area contributed by atoms with Crippen molar-refractivity contribution in [1.29, 1.82) is 0 Å². The number of nitrogens with zero attached hydrogens (tertiary/aromatic N) is 3.